The minimum Gasteiger partial charge on any atom is -0.310 e. The second-order valence-corrected chi connectivity index (χ2v) is 16.4. The molecule has 0 heterocycles. The van der Waals surface area contributed by atoms with Gasteiger partial charge in [-0.25, -0.2) is 0 Å². The van der Waals surface area contributed by atoms with E-state index in [1.165, 1.54) is 88.3 Å². The average molecular weight is 766 g/mol. The van der Waals surface area contributed by atoms with Crippen molar-refractivity contribution in [3.63, 3.8) is 0 Å². The van der Waals surface area contributed by atoms with E-state index < -0.39 is 0 Å². The van der Waals surface area contributed by atoms with Gasteiger partial charge in [0.25, 0.3) is 0 Å². The molecule has 0 fully saturated rings. The third kappa shape index (κ3) is 5.85. The lowest BCUT2D eigenvalue weighted by atomic mass is 9.82. The van der Waals surface area contributed by atoms with Crippen molar-refractivity contribution in [3.8, 4) is 55.6 Å². The van der Waals surface area contributed by atoms with Crippen LogP contribution < -0.4 is 4.90 Å². The normalized spacial score (nSPS) is 12.6. The zero-order chi connectivity index (χ0) is 40.2. The predicted octanol–water partition coefficient (Wildman–Crippen LogP) is 16.4. The summed E-state index contributed by atoms with van der Waals surface area (Å²) in [7, 11) is 0. The number of rotatable bonds is 7. The van der Waals surface area contributed by atoms with Gasteiger partial charge < -0.3 is 4.90 Å². The standard InChI is InChI=1S/C59H43N/c1-59(2)56-29-14-12-25-53(56)54-38-36-44(39-57(54)59)60(43-34-31-42(32-35-43)47-27-16-28-49-46-20-7-6-19-41(46)33-37-52(47)49)58-30-15-13-26-55(58)51-24-11-10-23-50(51)48-22-9-8-21-45(48)40-17-4-3-5-18-40/h3-39H,1-2H3. The van der Waals surface area contributed by atoms with Gasteiger partial charge in [-0.15, -0.1) is 0 Å². The molecule has 11 rings (SSSR count). The van der Waals surface area contributed by atoms with Gasteiger partial charge in [-0.2, -0.15) is 0 Å². The van der Waals surface area contributed by atoms with E-state index in [1.807, 2.05) is 0 Å². The Morgan fingerprint density at radius 3 is 1.62 bits per heavy atom. The maximum atomic E-state index is 2.47. The third-order valence-corrected chi connectivity index (χ3v) is 12.7. The Bertz CT molecular complexity index is 3230. The molecule has 0 saturated carbocycles. The molecule has 0 unspecified atom stereocenters. The Balaban J connectivity index is 1.09. The van der Waals surface area contributed by atoms with Crippen LogP contribution in [-0.2, 0) is 5.41 Å². The summed E-state index contributed by atoms with van der Waals surface area (Å²) in [6, 6.07) is 82.4. The van der Waals surface area contributed by atoms with Crippen LogP contribution in [0, 0.1) is 0 Å². The molecule has 1 aliphatic rings. The highest BCUT2D eigenvalue weighted by atomic mass is 15.1. The van der Waals surface area contributed by atoms with E-state index in [0.29, 0.717) is 0 Å². The summed E-state index contributed by atoms with van der Waals surface area (Å²) in [6.07, 6.45) is 0. The first-order chi connectivity index (χ1) is 29.5. The number of fused-ring (bicyclic) bond motifs is 6. The summed E-state index contributed by atoms with van der Waals surface area (Å²) in [5.74, 6) is 0. The molecule has 0 bridgehead atoms. The van der Waals surface area contributed by atoms with Crippen molar-refractivity contribution >= 4 is 38.6 Å². The lowest BCUT2D eigenvalue weighted by molar-refractivity contribution is 0.660. The maximum absolute atomic E-state index is 2.47. The number of anilines is 3. The van der Waals surface area contributed by atoms with Crippen molar-refractivity contribution in [1.82, 2.24) is 0 Å². The number of hydrogen-bond acceptors (Lipinski definition) is 1. The summed E-state index contributed by atoms with van der Waals surface area (Å²) >= 11 is 0. The van der Waals surface area contributed by atoms with Crippen molar-refractivity contribution in [2.24, 2.45) is 0 Å². The molecular formula is C59H43N. The van der Waals surface area contributed by atoms with Crippen molar-refractivity contribution < 1.29 is 0 Å². The Morgan fingerprint density at radius 2 is 0.833 bits per heavy atom. The summed E-state index contributed by atoms with van der Waals surface area (Å²) < 4.78 is 0. The van der Waals surface area contributed by atoms with Gasteiger partial charge in [-0.1, -0.05) is 208 Å². The fourth-order valence-corrected chi connectivity index (χ4v) is 9.78. The molecule has 0 spiro atoms. The monoisotopic (exact) mass is 765 g/mol. The predicted molar refractivity (Wildman–Crippen MR) is 255 cm³/mol. The fourth-order valence-electron chi connectivity index (χ4n) is 9.78. The number of benzene rings is 10. The van der Waals surface area contributed by atoms with Crippen LogP contribution in [0.15, 0.2) is 224 Å². The van der Waals surface area contributed by atoms with Gasteiger partial charge in [-0.05, 0) is 113 Å². The zero-order valence-electron chi connectivity index (χ0n) is 33.8. The first-order valence-corrected chi connectivity index (χ1v) is 20.9. The van der Waals surface area contributed by atoms with Crippen molar-refractivity contribution in [1.29, 1.82) is 0 Å². The molecule has 0 N–H and O–H groups in total. The molecule has 1 aliphatic carbocycles. The smallest absolute Gasteiger partial charge is 0.0540 e. The highest BCUT2D eigenvalue weighted by molar-refractivity contribution is 6.12. The van der Waals surface area contributed by atoms with Crippen LogP contribution in [0.2, 0.25) is 0 Å². The quantitative estimate of drug-likeness (QED) is 0.146. The molecule has 60 heavy (non-hydrogen) atoms. The van der Waals surface area contributed by atoms with Gasteiger partial charge >= 0.3 is 0 Å². The van der Waals surface area contributed by atoms with E-state index in [1.54, 1.807) is 0 Å². The van der Waals surface area contributed by atoms with Crippen LogP contribution in [0.25, 0.3) is 77.2 Å². The maximum Gasteiger partial charge on any atom is 0.0540 e. The molecule has 284 valence electrons. The molecular weight excluding hydrogens is 723 g/mol. The molecule has 0 saturated heterocycles. The van der Waals surface area contributed by atoms with E-state index >= 15 is 0 Å². The summed E-state index contributed by atoms with van der Waals surface area (Å²) in [5.41, 5.74) is 18.2. The van der Waals surface area contributed by atoms with Crippen molar-refractivity contribution in [2.75, 3.05) is 4.90 Å². The Kier molecular flexibility index (Phi) is 8.57. The van der Waals surface area contributed by atoms with Crippen LogP contribution in [0.5, 0.6) is 0 Å². The van der Waals surface area contributed by atoms with E-state index in [4.69, 9.17) is 0 Å². The highest BCUT2D eigenvalue weighted by Gasteiger charge is 2.36. The largest absolute Gasteiger partial charge is 0.310 e. The van der Waals surface area contributed by atoms with Gasteiger partial charge in [-0.3, -0.25) is 0 Å². The minimum atomic E-state index is -0.136. The van der Waals surface area contributed by atoms with Gasteiger partial charge in [0.2, 0.25) is 0 Å². The number of nitrogens with zero attached hydrogens (tertiary/aromatic N) is 1. The Morgan fingerprint density at radius 1 is 0.300 bits per heavy atom. The molecule has 0 aliphatic heterocycles. The Hall–Kier alpha value is -7.48. The minimum absolute atomic E-state index is 0.136. The van der Waals surface area contributed by atoms with Crippen LogP contribution in [0.4, 0.5) is 17.1 Å². The number of hydrogen-bond donors (Lipinski definition) is 0. The van der Waals surface area contributed by atoms with Gasteiger partial charge in [0.1, 0.15) is 0 Å². The van der Waals surface area contributed by atoms with Crippen molar-refractivity contribution in [2.45, 2.75) is 19.3 Å². The van der Waals surface area contributed by atoms with E-state index in [9.17, 15) is 0 Å². The molecule has 10 aromatic rings. The first kappa shape index (κ1) is 35.7. The highest BCUT2D eigenvalue weighted by Crippen LogP contribution is 2.52. The van der Waals surface area contributed by atoms with Crippen LogP contribution in [0.1, 0.15) is 25.0 Å². The molecule has 0 amide bonds. The zero-order valence-corrected chi connectivity index (χ0v) is 33.8. The topological polar surface area (TPSA) is 3.24 Å². The van der Waals surface area contributed by atoms with Gasteiger partial charge in [0, 0.05) is 22.4 Å². The van der Waals surface area contributed by atoms with E-state index in [0.717, 1.165) is 17.1 Å². The first-order valence-electron chi connectivity index (χ1n) is 20.9. The molecule has 0 aromatic heterocycles. The third-order valence-electron chi connectivity index (χ3n) is 12.7. The van der Waals surface area contributed by atoms with Crippen LogP contribution >= 0.6 is 0 Å². The SMILES string of the molecule is CC1(C)c2ccccc2-c2ccc(N(c3ccc(-c4cccc5c4ccc4ccccc45)cc3)c3ccccc3-c3ccccc3-c3ccccc3-c3ccccc3)cc21. The lowest BCUT2D eigenvalue weighted by Gasteiger charge is -2.30. The van der Waals surface area contributed by atoms with Gasteiger partial charge in [0.15, 0.2) is 0 Å². The molecule has 10 aromatic carbocycles. The molecule has 1 heteroatoms. The summed E-state index contributed by atoms with van der Waals surface area (Å²) in [4.78, 5) is 2.47. The van der Waals surface area contributed by atoms with Crippen LogP contribution in [-0.4, -0.2) is 0 Å². The molecule has 1 nitrogen and oxygen atoms in total. The van der Waals surface area contributed by atoms with Crippen molar-refractivity contribution in [3.05, 3.63) is 236 Å². The fraction of sp³-hybridized carbons (Fsp3) is 0.0508. The summed E-state index contributed by atoms with van der Waals surface area (Å²) in [5, 5.41) is 5.08. The number of para-hydroxylation sites is 1. The van der Waals surface area contributed by atoms with E-state index in [-0.39, 0.29) is 5.41 Å². The molecule has 0 radical (unpaired) electrons. The van der Waals surface area contributed by atoms with Crippen LogP contribution in [0.3, 0.4) is 0 Å². The summed E-state index contributed by atoms with van der Waals surface area (Å²) in [6.45, 7) is 4.73. The second kappa shape index (κ2) is 14.4. The van der Waals surface area contributed by atoms with Gasteiger partial charge in [0.05, 0.1) is 5.69 Å². The average Bonchev–Trinajstić information content (AvgIpc) is 3.54. The Labute approximate surface area is 352 Å². The van der Waals surface area contributed by atoms with E-state index in [2.05, 4.69) is 243 Å². The molecule has 0 atom stereocenters. The second-order valence-electron chi connectivity index (χ2n) is 16.4. The lowest BCUT2D eigenvalue weighted by Crippen LogP contribution is -2.17.